The monoisotopic (exact) mass is 381 g/mol. The first kappa shape index (κ1) is 18.7. The van der Waals surface area contributed by atoms with Crippen LogP contribution in [0, 0.1) is 0 Å². The van der Waals surface area contributed by atoms with Gasteiger partial charge in [-0.25, -0.2) is 0 Å². The van der Waals surface area contributed by atoms with Crippen LogP contribution in [-0.2, 0) is 11.3 Å². The number of carbonyl (C=O) groups is 1. The molecule has 8 heteroatoms. The third-order valence-electron chi connectivity index (χ3n) is 3.63. The Bertz CT molecular complexity index is 910. The van der Waals surface area contributed by atoms with Crippen LogP contribution >= 0.6 is 11.8 Å². The normalized spacial score (nSPS) is 10.4. The third kappa shape index (κ3) is 4.73. The van der Waals surface area contributed by atoms with E-state index < -0.39 is 0 Å². The number of aromatic nitrogens is 4. The average Bonchev–Trinajstić information content (AvgIpc) is 3.10. The lowest BCUT2D eigenvalue weighted by Gasteiger charge is -2.08. The molecule has 3 aromatic rings. The minimum atomic E-state index is -0.127. The zero-order valence-corrected chi connectivity index (χ0v) is 15.6. The zero-order valence-electron chi connectivity index (χ0n) is 14.8. The molecule has 0 unspecified atom stereocenters. The van der Waals surface area contributed by atoms with E-state index in [1.807, 2.05) is 22.8 Å². The Labute approximate surface area is 161 Å². The minimum Gasteiger partial charge on any atom is -0.497 e. The van der Waals surface area contributed by atoms with Gasteiger partial charge in [-0.05, 0) is 36.4 Å². The van der Waals surface area contributed by atoms with Crippen LogP contribution in [0.25, 0.3) is 11.5 Å². The van der Waals surface area contributed by atoms with E-state index in [1.54, 1.807) is 43.6 Å². The number of carbonyl (C=O) groups excluding carboxylic acids is 1. The summed E-state index contributed by atoms with van der Waals surface area (Å²) < 4.78 is 7.00. The summed E-state index contributed by atoms with van der Waals surface area (Å²) in [5.74, 6) is 1.47. The summed E-state index contributed by atoms with van der Waals surface area (Å²) >= 11 is 1.31. The van der Waals surface area contributed by atoms with Crippen LogP contribution in [0.1, 0.15) is 0 Å². The van der Waals surface area contributed by atoms with Gasteiger partial charge in [0.15, 0.2) is 11.0 Å². The van der Waals surface area contributed by atoms with E-state index in [1.165, 1.54) is 11.8 Å². The molecule has 7 nitrogen and oxygen atoms in total. The van der Waals surface area contributed by atoms with Crippen molar-refractivity contribution in [2.24, 2.45) is 0 Å². The summed E-state index contributed by atoms with van der Waals surface area (Å²) in [6.45, 7) is 4.31. The van der Waals surface area contributed by atoms with Crippen molar-refractivity contribution in [1.29, 1.82) is 0 Å². The maximum atomic E-state index is 12.2. The molecule has 3 rings (SSSR count). The minimum absolute atomic E-state index is 0.127. The van der Waals surface area contributed by atoms with Crippen molar-refractivity contribution in [2.75, 3.05) is 18.2 Å². The molecule has 0 aliphatic carbocycles. The van der Waals surface area contributed by atoms with Crippen molar-refractivity contribution in [2.45, 2.75) is 11.7 Å². The number of thioether (sulfide) groups is 1. The number of anilines is 1. The van der Waals surface area contributed by atoms with Crippen LogP contribution in [0.3, 0.4) is 0 Å². The number of hydrogen-bond acceptors (Lipinski definition) is 6. The summed E-state index contributed by atoms with van der Waals surface area (Å²) in [5.41, 5.74) is 1.43. The van der Waals surface area contributed by atoms with Gasteiger partial charge >= 0.3 is 0 Å². The standard InChI is InChI=1S/C19H19N5O2S/c1-3-12-24-18(16-6-4-5-11-20-16)22-23-19(24)27-13-17(25)21-14-7-9-15(26-2)10-8-14/h3-11H,1,12-13H2,2H3,(H,21,25). The zero-order chi connectivity index (χ0) is 19.1. The van der Waals surface area contributed by atoms with E-state index in [9.17, 15) is 4.79 Å². The maximum Gasteiger partial charge on any atom is 0.234 e. The molecule has 1 aromatic carbocycles. The van der Waals surface area contributed by atoms with Crippen molar-refractivity contribution >= 4 is 23.4 Å². The summed E-state index contributed by atoms with van der Waals surface area (Å²) in [6, 6.07) is 12.8. The van der Waals surface area contributed by atoms with Gasteiger partial charge in [-0.3, -0.25) is 14.3 Å². The molecule has 0 atom stereocenters. The highest BCUT2D eigenvalue weighted by Crippen LogP contribution is 2.23. The molecule has 0 bridgehead atoms. The maximum absolute atomic E-state index is 12.2. The Morgan fingerprint density at radius 1 is 1.26 bits per heavy atom. The molecule has 0 aliphatic heterocycles. The molecule has 0 saturated carbocycles. The number of pyridine rings is 1. The lowest BCUT2D eigenvalue weighted by Crippen LogP contribution is -2.14. The Hall–Kier alpha value is -3.13. The average molecular weight is 381 g/mol. The number of allylic oxidation sites excluding steroid dienone is 1. The third-order valence-corrected chi connectivity index (χ3v) is 4.60. The van der Waals surface area contributed by atoms with Crippen molar-refractivity contribution in [1.82, 2.24) is 19.7 Å². The second-order valence-electron chi connectivity index (χ2n) is 5.49. The lowest BCUT2D eigenvalue weighted by molar-refractivity contribution is -0.113. The Kier molecular flexibility index (Phi) is 6.22. The second kappa shape index (κ2) is 9.00. The first-order valence-electron chi connectivity index (χ1n) is 8.23. The van der Waals surface area contributed by atoms with Crippen LogP contribution in [-0.4, -0.2) is 38.5 Å². The fourth-order valence-electron chi connectivity index (χ4n) is 2.38. The van der Waals surface area contributed by atoms with Gasteiger partial charge in [0.25, 0.3) is 0 Å². The smallest absolute Gasteiger partial charge is 0.234 e. The van der Waals surface area contributed by atoms with Gasteiger partial charge in [0.2, 0.25) is 5.91 Å². The number of ether oxygens (including phenoxy) is 1. The number of nitrogens with zero attached hydrogens (tertiary/aromatic N) is 4. The first-order chi connectivity index (χ1) is 13.2. The van der Waals surface area contributed by atoms with E-state index in [-0.39, 0.29) is 11.7 Å². The number of benzene rings is 1. The van der Waals surface area contributed by atoms with Crippen LogP contribution in [0.15, 0.2) is 66.5 Å². The highest BCUT2D eigenvalue weighted by Gasteiger charge is 2.15. The van der Waals surface area contributed by atoms with E-state index >= 15 is 0 Å². The van der Waals surface area contributed by atoms with Gasteiger partial charge in [0.05, 0.1) is 12.9 Å². The molecule has 2 heterocycles. The summed E-state index contributed by atoms with van der Waals surface area (Å²) in [7, 11) is 1.60. The van der Waals surface area contributed by atoms with Gasteiger partial charge in [-0.2, -0.15) is 0 Å². The lowest BCUT2D eigenvalue weighted by atomic mass is 10.3. The molecule has 0 aliphatic rings. The van der Waals surface area contributed by atoms with Crippen LogP contribution in [0.2, 0.25) is 0 Å². The summed E-state index contributed by atoms with van der Waals surface area (Å²) in [4.78, 5) is 16.5. The van der Waals surface area contributed by atoms with Gasteiger partial charge in [0, 0.05) is 18.4 Å². The molecule has 27 heavy (non-hydrogen) atoms. The predicted octanol–water partition coefficient (Wildman–Crippen LogP) is 3.27. The van der Waals surface area contributed by atoms with Crippen molar-refractivity contribution in [3.05, 3.63) is 61.3 Å². The van der Waals surface area contributed by atoms with Gasteiger partial charge < -0.3 is 10.1 Å². The fourth-order valence-corrected chi connectivity index (χ4v) is 3.12. The molecular weight excluding hydrogens is 362 g/mol. The van der Waals surface area contributed by atoms with Crippen molar-refractivity contribution < 1.29 is 9.53 Å². The van der Waals surface area contributed by atoms with E-state index in [0.717, 1.165) is 11.4 Å². The number of methoxy groups -OCH3 is 1. The molecule has 0 radical (unpaired) electrons. The molecule has 0 saturated heterocycles. The Morgan fingerprint density at radius 3 is 2.74 bits per heavy atom. The molecule has 0 spiro atoms. The molecule has 0 fully saturated rings. The van der Waals surface area contributed by atoms with Crippen molar-refractivity contribution in [3.63, 3.8) is 0 Å². The topological polar surface area (TPSA) is 81.9 Å². The molecular formula is C19H19N5O2S. The van der Waals surface area contributed by atoms with E-state index in [2.05, 4.69) is 27.1 Å². The Morgan fingerprint density at radius 2 is 2.07 bits per heavy atom. The van der Waals surface area contributed by atoms with Gasteiger partial charge in [-0.15, -0.1) is 16.8 Å². The van der Waals surface area contributed by atoms with Gasteiger partial charge in [-0.1, -0.05) is 23.9 Å². The highest BCUT2D eigenvalue weighted by atomic mass is 32.2. The summed E-state index contributed by atoms with van der Waals surface area (Å²) in [6.07, 6.45) is 3.47. The SMILES string of the molecule is C=CCn1c(SCC(=O)Nc2ccc(OC)cc2)nnc1-c1ccccn1. The number of amides is 1. The van der Waals surface area contributed by atoms with Crippen LogP contribution < -0.4 is 10.1 Å². The van der Waals surface area contributed by atoms with Crippen LogP contribution in [0.4, 0.5) is 5.69 Å². The van der Waals surface area contributed by atoms with E-state index in [4.69, 9.17) is 4.74 Å². The van der Waals surface area contributed by atoms with Crippen molar-refractivity contribution in [3.8, 4) is 17.3 Å². The molecule has 2 aromatic heterocycles. The predicted molar refractivity (Wildman–Crippen MR) is 106 cm³/mol. The first-order valence-corrected chi connectivity index (χ1v) is 9.22. The fraction of sp³-hybridized carbons (Fsp3) is 0.158. The number of hydrogen-bond donors (Lipinski definition) is 1. The highest BCUT2D eigenvalue weighted by molar-refractivity contribution is 7.99. The number of nitrogens with one attached hydrogen (secondary N) is 1. The van der Waals surface area contributed by atoms with Gasteiger partial charge in [0.1, 0.15) is 11.4 Å². The molecule has 1 amide bonds. The second-order valence-corrected chi connectivity index (χ2v) is 6.43. The Balaban J connectivity index is 1.67. The largest absolute Gasteiger partial charge is 0.497 e. The molecule has 1 N–H and O–H groups in total. The quantitative estimate of drug-likeness (QED) is 0.476. The van der Waals surface area contributed by atoms with Crippen LogP contribution in [0.5, 0.6) is 5.75 Å². The molecule has 138 valence electrons. The number of rotatable bonds is 8. The summed E-state index contributed by atoms with van der Waals surface area (Å²) in [5, 5.41) is 11.9. The van der Waals surface area contributed by atoms with E-state index in [0.29, 0.717) is 23.2 Å².